The minimum Gasteiger partial charge on any atom is -0.336 e. The lowest BCUT2D eigenvalue weighted by molar-refractivity contribution is -0.203. The summed E-state index contributed by atoms with van der Waals surface area (Å²) in [6, 6.07) is 15.7. The van der Waals surface area contributed by atoms with Crippen LogP contribution in [0.3, 0.4) is 0 Å². The SMILES string of the molecule is Cn1cncc1C(Cl)(c1ccc(Cl)cc1)c1cnc2c(c1)c(-c1cccc(Cl)c1)cc(=O)n2C(F)(F)F. The number of aryl methyl sites for hydroxylation is 1. The number of hydrogen-bond acceptors (Lipinski definition) is 3. The summed E-state index contributed by atoms with van der Waals surface area (Å²) in [6.07, 6.45) is -0.622. The first-order valence-corrected chi connectivity index (χ1v) is 11.9. The van der Waals surface area contributed by atoms with Gasteiger partial charge in [0.05, 0.1) is 18.2 Å². The van der Waals surface area contributed by atoms with Gasteiger partial charge < -0.3 is 4.57 Å². The topological polar surface area (TPSA) is 52.7 Å². The molecule has 1 unspecified atom stereocenters. The zero-order valence-corrected chi connectivity index (χ0v) is 21.2. The van der Waals surface area contributed by atoms with Crippen molar-refractivity contribution < 1.29 is 13.2 Å². The number of hydrogen-bond donors (Lipinski definition) is 0. The van der Waals surface area contributed by atoms with Gasteiger partial charge in [0.25, 0.3) is 5.56 Å². The van der Waals surface area contributed by atoms with E-state index in [1.54, 1.807) is 72.7 Å². The Kier molecular flexibility index (Phi) is 6.30. The lowest BCUT2D eigenvalue weighted by Crippen LogP contribution is -2.32. The van der Waals surface area contributed by atoms with Crippen molar-refractivity contribution >= 4 is 45.8 Å². The van der Waals surface area contributed by atoms with Crippen LogP contribution in [0.5, 0.6) is 0 Å². The van der Waals surface area contributed by atoms with Gasteiger partial charge in [0.1, 0.15) is 4.87 Å². The van der Waals surface area contributed by atoms with Crippen LogP contribution in [0.2, 0.25) is 10.0 Å². The number of halogens is 6. The first-order chi connectivity index (χ1) is 17.5. The van der Waals surface area contributed by atoms with E-state index in [0.717, 1.165) is 6.07 Å². The van der Waals surface area contributed by atoms with Crippen molar-refractivity contribution in [3.8, 4) is 11.1 Å². The number of aromatic nitrogens is 4. The van der Waals surface area contributed by atoms with Crippen LogP contribution in [-0.2, 0) is 18.2 Å². The van der Waals surface area contributed by atoms with Crippen molar-refractivity contribution in [1.82, 2.24) is 19.1 Å². The van der Waals surface area contributed by atoms with Gasteiger partial charge in [0, 0.05) is 40.3 Å². The van der Waals surface area contributed by atoms with Crippen molar-refractivity contribution in [2.45, 2.75) is 11.2 Å². The van der Waals surface area contributed by atoms with Crippen LogP contribution in [0.25, 0.3) is 22.2 Å². The molecular weight excluding hydrogens is 548 g/mol. The molecule has 0 N–H and O–H groups in total. The van der Waals surface area contributed by atoms with Crippen LogP contribution in [0, 0.1) is 0 Å². The molecule has 11 heteroatoms. The Morgan fingerprint density at radius 3 is 2.24 bits per heavy atom. The van der Waals surface area contributed by atoms with E-state index < -0.39 is 22.4 Å². The van der Waals surface area contributed by atoms with Crippen LogP contribution in [0.15, 0.2) is 84.2 Å². The summed E-state index contributed by atoms with van der Waals surface area (Å²) < 4.78 is 43.2. The largest absolute Gasteiger partial charge is 0.493 e. The number of pyridine rings is 2. The third kappa shape index (κ3) is 4.39. The molecule has 188 valence electrons. The summed E-state index contributed by atoms with van der Waals surface area (Å²) in [4.78, 5) is 19.6. The molecule has 0 aliphatic carbocycles. The van der Waals surface area contributed by atoms with Gasteiger partial charge in [0.2, 0.25) is 0 Å². The minimum atomic E-state index is -4.99. The molecule has 0 radical (unpaired) electrons. The maximum absolute atomic E-state index is 13.9. The van der Waals surface area contributed by atoms with E-state index in [2.05, 4.69) is 9.97 Å². The maximum atomic E-state index is 13.9. The average molecular weight is 564 g/mol. The van der Waals surface area contributed by atoms with Crippen molar-refractivity contribution in [2.75, 3.05) is 0 Å². The number of fused-ring (bicyclic) bond motifs is 1. The number of benzene rings is 2. The van der Waals surface area contributed by atoms with Crippen LogP contribution in [0.1, 0.15) is 16.8 Å². The van der Waals surface area contributed by atoms with E-state index in [9.17, 15) is 18.0 Å². The fourth-order valence-corrected chi connectivity index (χ4v) is 5.09. The second kappa shape index (κ2) is 9.20. The highest BCUT2D eigenvalue weighted by Gasteiger charge is 2.39. The zero-order chi connectivity index (χ0) is 26.5. The van der Waals surface area contributed by atoms with Gasteiger partial charge in [-0.2, -0.15) is 0 Å². The van der Waals surface area contributed by atoms with E-state index in [1.165, 1.54) is 12.3 Å². The van der Waals surface area contributed by atoms with Gasteiger partial charge in [-0.25, -0.2) is 14.5 Å². The molecule has 0 bridgehead atoms. The van der Waals surface area contributed by atoms with Crippen LogP contribution in [0.4, 0.5) is 13.2 Å². The zero-order valence-electron chi connectivity index (χ0n) is 19.0. The molecule has 0 fully saturated rings. The molecule has 0 saturated heterocycles. The van der Waals surface area contributed by atoms with Gasteiger partial charge in [-0.3, -0.25) is 4.79 Å². The highest BCUT2D eigenvalue weighted by atomic mass is 35.5. The molecule has 5 aromatic rings. The Bertz CT molecular complexity index is 1700. The summed E-state index contributed by atoms with van der Waals surface area (Å²) in [5, 5.41) is 0.914. The Morgan fingerprint density at radius 1 is 0.892 bits per heavy atom. The summed E-state index contributed by atoms with van der Waals surface area (Å²) >= 11 is 19.6. The maximum Gasteiger partial charge on any atom is 0.493 e. The van der Waals surface area contributed by atoms with Crippen molar-refractivity contribution in [1.29, 1.82) is 0 Å². The van der Waals surface area contributed by atoms with Crippen LogP contribution < -0.4 is 5.56 Å². The highest BCUT2D eigenvalue weighted by Crippen LogP contribution is 2.44. The first kappa shape index (κ1) is 25.3. The summed E-state index contributed by atoms with van der Waals surface area (Å²) in [5.74, 6) is 0. The van der Waals surface area contributed by atoms with Gasteiger partial charge in [-0.1, -0.05) is 47.5 Å². The van der Waals surface area contributed by atoms with E-state index in [-0.39, 0.29) is 15.5 Å². The van der Waals surface area contributed by atoms with Crippen molar-refractivity contribution in [3.63, 3.8) is 0 Å². The van der Waals surface area contributed by atoms with Gasteiger partial charge in [0.15, 0.2) is 5.65 Å². The molecule has 1 atom stereocenters. The molecule has 0 aliphatic heterocycles. The smallest absolute Gasteiger partial charge is 0.336 e. The normalized spacial score (nSPS) is 13.6. The summed E-state index contributed by atoms with van der Waals surface area (Å²) in [7, 11) is 1.75. The molecule has 37 heavy (non-hydrogen) atoms. The molecule has 5 rings (SSSR count). The van der Waals surface area contributed by atoms with E-state index in [0.29, 0.717) is 32.4 Å². The van der Waals surface area contributed by atoms with Crippen LogP contribution >= 0.6 is 34.8 Å². The third-order valence-corrected chi connectivity index (χ3v) is 7.17. The molecule has 0 spiro atoms. The molecule has 5 nitrogen and oxygen atoms in total. The second-order valence-corrected chi connectivity index (χ2v) is 9.80. The Hall–Kier alpha value is -3.33. The fraction of sp³-hybridized carbons (Fsp3) is 0.115. The van der Waals surface area contributed by atoms with E-state index >= 15 is 0 Å². The molecular formula is C26H16Cl3F3N4O. The molecule has 2 aromatic carbocycles. The van der Waals surface area contributed by atoms with Gasteiger partial charge in [-0.15, -0.1) is 24.8 Å². The van der Waals surface area contributed by atoms with E-state index in [1.807, 2.05) is 0 Å². The molecule has 3 heterocycles. The number of rotatable bonds is 4. The molecule has 3 aromatic heterocycles. The fourth-order valence-electron chi connectivity index (χ4n) is 4.36. The Balaban J connectivity index is 1.88. The predicted octanol–water partition coefficient (Wildman–Crippen LogP) is 7.11. The minimum absolute atomic E-state index is 0.0675. The lowest BCUT2D eigenvalue weighted by Gasteiger charge is -2.29. The summed E-state index contributed by atoms with van der Waals surface area (Å²) in [6.45, 7) is 0. The Labute approximate surface area is 223 Å². The average Bonchev–Trinajstić information content (AvgIpc) is 3.28. The predicted molar refractivity (Wildman–Crippen MR) is 138 cm³/mol. The first-order valence-electron chi connectivity index (χ1n) is 10.8. The lowest BCUT2D eigenvalue weighted by atomic mass is 9.87. The van der Waals surface area contributed by atoms with Gasteiger partial charge >= 0.3 is 6.30 Å². The number of alkyl halides is 4. The second-order valence-electron chi connectivity index (χ2n) is 8.36. The quantitative estimate of drug-likeness (QED) is 0.219. The monoisotopic (exact) mass is 562 g/mol. The van der Waals surface area contributed by atoms with E-state index in [4.69, 9.17) is 34.8 Å². The van der Waals surface area contributed by atoms with Crippen molar-refractivity contribution in [3.05, 3.63) is 117 Å². The molecule has 0 aliphatic rings. The molecule has 0 saturated carbocycles. The summed E-state index contributed by atoms with van der Waals surface area (Å²) in [5.41, 5.74) is 0.370. The number of imidazole rings is 1. The Morgan fingerprint density at radius 2 is 1.62 bits per heavy atom. The number of nitrogens with zero attached hydrogens (tertiary/aromatic N) is 4. The third-order valence-electron chi connectivity index (χ3n) is 6.06. The molecule has 0 amide bonds. The van der Waals surface area contributed by atoms with Gasteiger partial charge in [-0.05, 0) is 47.0 Å². The highest BCUT2D eigenvalue weighted by molar-refractivity contribution is 6.31. The van der Waals surface area contributed by atoms with Crippen molar-refractivity contribution in [2.24, 2.45) is 7.05 Å². The standard InChI is InChI=1S/C26H16Cl3F3N4O/c1-35-14-33-13-22(35)25(29,16-5-7-18(27)8-6-16)17-10-21-20(15-3-2-4-19(28)9-15)11-23(37)36(26(30,31)32)24(21)34-12-17/h2-14H,1H3. The van der Waals surface area contributed by atoms with Crippen LogP contribution in [-0.4, -0.2) is 19.1 Å².